The third-order valence-corrected chi connectivity index (χ3v) is 11.7. The summed E-state index contributed by atoms with van der Waals surface area (Å²) in [6.45, 7) is 18.6. The highest BCUT2D eigenvalue weighted by Gasteiger charge is 2.43. The lowest BCUT2D eigenvalue weighted by molar-refractivity contribution is 0.397. The van der Waals surface area contributed by atoms with Crippen LogP contribution in [-0.4, -0.2) is 16.1 Å². The summed E-state index contributed by atoms with van der Waals surface area (Å²) in [5, 5.41) is 0. The van der Waals surface area contributed by atoms with E-state index in [4.69, 9.17) is 0 Å². The van der Waals surface area contributed by atoms with Crippen LogP contribution in [0.4, 0.5) is 0 Å². The fourth-order valence-electron chi connectivity index (χ4n) is 6.31. The van der Waals surface area contributed by atoms with E-state index in [0.29, 0.717) is 0 Å². The van der Waals surface area contributed by atoms with Crippen molar-refractivity contribution in [3.63, 3.8) is 0 Å². The van der Waals surface area contributed by atoms with Gasteiger partial charge in [0.2, 0.25) is 0 Å². The van der Waals surface area contributed by atoms with Crippen molar-refractivity contribution in [2.24, 2.45) is 0 Å². The SMILES string of the molecule is CCCCCCCCC1(CCCCCCCC)c2cc(C#C[Si](C)(C)C)c(Br)cc2-c2cc(Br)c(C#C[Si](C)(C)C)cc21. The summed E-state index contributed by atoms with van der Waals surface area (Å²) in [7, 11) is -3.00. The Morgan fingerprint density at radius 2 is 0.884 bits per heavy atom. The maximum atomic E-state index is 3.95. The normalized spacial score (nSPS) is 13.5. The molecular weight excluding hydrogens is 684 g/mol. The van der Waals surface area contributed by atoms with Gasteiger partial charge in [-0.25, -0.2) is 0 Å². The van der Waals surface area contributed by atoms with E-state index in [1.54, 1.807) is 0 Å². The fourth-order valence-corrected chi connectivity index (χ4v) is 8.21. The van der Waals surface area contributed by atoms with Crippen LogP contribution in [0.15, 0.2) is 33.2 Å². The van der Waals surface area contributed by atoms with Crippen LogP contribution in [0, 0.1) is 22.9 Å². The summed E-state index contributed by atoms with van der Waals surface area (Å²) in [5.74, 6) is 7.25. The highest BCUT2D eigenvalue weighted by Crippen LogP contribution is 2.56. The van der Waals surface area contributed by atoms with Crippen LogP contribution in [0.1, 0.15) is 126 Å². The van der Waals surface area contributed by atoms with Crippen molar-refractivity contribution in [2.75, 3.05) is 0 Å². The molecule has 0 atom stereocenters. The second kappa shape index (κ2) is 16.5. The Morgan fingerprint density at radius 1 is 0.535 bits per heavy atom. The van der Waals surface area contributed by atoms with Crippen LogP contribution in [0.2, 0.25) is 39.3 Å². The molecule has 1 aliphatic carbocycles. The van der Waals surface area contributed by atoms with Crippen LogP contribution in [0.25, 0.3) is 11.1 Å². The van der Waals surface area contributed by atoms with Crippen LogP contribution in [0.5, 0.6) is 0 Å². The van der Waals surface area contributed by atoms with Gasteiger partial charge < -0.3 is 0 Å². The quantitative estimate of drug-likeness (QED) is 0.103. The average Bonchev–Trinajstić information content (AvgIpc) is 3.16. The molecule has 0 unspecified atom stereocenters. The van der Waals surface area contributed by atoms with Gasteiger partial charge in [-0.05, 0) is 91.2 Å². The van der Waals surface area contributed by atoms with E-state index in [1.807, 2.05) is 0 Å². The molecule has 0 fully saturated rings. The molecule has 3 rings (SSSR count). The lowest BCUT2D eigenvalue weighted by atomic mass is 9.70. The Hall–Kier alpha value is -1.05. The van der Waals surface area contributed by atoms with Gasteiger partial charge in [0.25, 0.3) is 0 Å². The molecule has 0 amide bonds. The van der Waals surface area contributed by atoms with Gasteiger partial charge in [-0.1, -0.05) is 142 Å². The molecule has 2 aromatic rings. The number of hydrogen-bond donors (Lipinski definition) is 0. The molecule has 0 nitrogen and oxygen atoms in total. The van der Waals surface area contributed by atoms with Crippen LogP contribution in [-0.2, 0) is 5.41 Å². The predicted octanol–water partition coefficient (Wildman–Crippen LogP) is 13.4. The van der Waals surface area contributed by atoms with Crippen molar-refractivity contribution >= 4 is 48.0 Å². The molecule has 0 spiro atoms. The fraction of sp³-hybridized carbons (Fsp3) is 0.590. The minimum absolute atomic E-state index is 0.0206. The van der Waals surface area contributed by atoms with E-state index >= 15 is 0 Å². The van der Waals surface area contributed by atoms with E-state index in [9.17, 15) is 0 Å². The van der Waals surface area contributed by atoms with Crippen LogP contribution in [0.3, 0.4) is 0 Å². The predicted molar refractivity (Wildman–Crippen MR) is 204 cm³/mol. The first-order valence-corrected chi connectivity index (χ1v) is 25.6. The third kappa shape index (κ3) is 10.5. The third-order valence-electron chi connectivity index (χ3n) is 8.59. The highest BCUT2D eigenvalue weighted by atomic mass is 79.9. The number of rotatable bonds is 14. The zero-order valence-electron chi connectivity index (χ0n) is 28.5. The van der Waals surface area contributed by atoms with Crippen molar-refractivity contribution < 1.29 is 0 Å². The van der Waals surface area contributed by atoms with E-state index < -0.39 is 16.1 Å². The zero-order valence-corrected chi connectivity index (χ0v) is 33.6. The van der Waals surface area contributed by atoms with Gasteiger partial charge in [0.15, 0.2) is 0 Å². The molecule has 0 aromatic heterocycles. The molecule has 0 heterocycles. The van der Waals surface area contributed by atoms with E-state index in [-0.39, 0.29) is 5.41 Å². The van der Waals surface area contributed by atoms with Crippen LogP contribution >= 0.6 is 31.9 Å². The Morgan fingerprint density at radius 3 is 1.23 bits per heavy atom. The van der Waals surface area contributed by atoms with Crippen molar-refractivity contribution in [1.29, 1.82) is 0 Å². The Labute approximate surface area is 284 Å². The molecule has 0 radical (unpaired) electrons. The summed E-state index contributed by atoms with van der Waals surface area (Å²) in [5.41, 5.74) is 15.4. The number of unbranched alkanes of at least 4 members (excludes halogenated alkanes) is 10. The molecule has 0 saturated carbocycles. The van der Waals surface area contributed by atoms with Gasteiger partial charge in [-0.15, -0.1) is 11.1 Å². The molecule has 2 aromatic carbocycles. The summed E-state index contributed by atoms with van der Waals surface area (Å²) in [6.07, 6.45) is 18.3. The van der Waals surface area contributed by atoms with Gasteiger partial charge in [0, 0.05) is 25.5 Å². The van der Waals surface area contributed by atoms with Gasteiger partial charge in [-0.3, -0.25) is 0 Å². The highest BCUT2D eigenvalue weighted by molar-refractivity contribution is 9.10. The second-order valence-corrected chi connectivity index (χ2v) is 26.1. The summed E-state index contributed by atoms with van der Waals surface area (Å²) >= 11 is 7.89. The minimum atomic E-state index is -1.50. The average molecular weight is 741 g/mol. The van der Waals surface area contributed by atoms with Crippen LogP contribution < -0.4 is 0 Å². The molecule has 0 saturated heterocycles. The van der Waals surface area contributed by atoms with Crippen molar-refractivity contribution in [3.05, 3.63) is 55.5 Å². The molecule has 43 heavy (non-hydrogen) atoms. The lowest BCUT2D eigenvalue weighted by Gasteiger charge is -2.33. The zero-order chi connectivity index (χ0) is 31.7. The molecular formula is C39H56Br2Si2. The summed E-state index contributed by atoms with van der Waals surface area (Å²) in [4.78, 5) is 0. The Balaban J connectivity index is 2.17. The van der Waals surface area contributed by atoms with Gasteiger partial charge in [0.05, 0.1) is 0 Å². The maximum Gasteiger partial charge on any atom is 0.129 e. The maximum absolute atomic E-state index is 3.95. The number of fused-ring (bicyclic) bond motifs is 3. The summed E-state index contributed by atoms with van der Waals surface area (Å²) < 4.78 is 2.24. The lowest BCUT2D eigenvalue weighted by Crippen LogP contribution is -2.26. The molecule has 0 aliphatic heterocycles. The standard InChI is InChI=1S/C39H56Br2Si2/c1-9-11-13-15-17-19-23-39(24-20-18-16-14-12-10-2)35-27-31(21-25-42(3,4)5)37(40)29-33(35)34-30-38(41)32(28-36(34)39)22-26-43(6,7)8/h27-30H,9-20,23-24H2,1-8H3. The molecule has 4 heteroatoms. The van der Waals surface area contributed by atoms with E-state index in [0.717, 1.165) is 20.1 Å². The first-order valence-electron chi connectivity index (χ1n) is 17.1. The van der Waals surface area contributed by atoms with Crippen molar-refractivity contribution in [1.82, 2.24) is 0 Å². The monoisotopic (exact) mass is 738 g/mol. The molecule has 0 N–H and O–H groups in total. The minimum Gasteiger partial charge on any atom is -0.127 e. The second-order valence-electron chi connectivity index (χ2n) is 14.9. The number of halogens is 2. The summed E-state index contributed by atoms with van der Waals surface area (Å²) in [6, 6.07) is 9.71. The van der Waals surface area contributed by atoms with Gasteiger partial charge >= 0.3 is 0 Å². The molecule has 1 aliphatic rings. The molecule has 0 bridgehead atoms. The van der Waals surface area contributed by atoms with E-state index in [1.165, 1.54) is 112 Å². The van der Waals surface area contributed by atoms with Crippen molar-refractivity contribution in [3.8, 4) is 34.1 Å². The van der Waals surface area contributed by atoms with Crippen molar-refractivity contribution in [2.45, 2.75) is 148 Å². The number of benzene rings is 2. The number of hydrogen-bond acceptors (Lipinski definition) is 0. The Kier molecular flexibility index (Phi) is 14.0. The first-order chi connectivity index (χ1) is 20.3. The van der Waals surface area contributed by atoms with Gasteiger partial charge in [-0.2, -0.15) is 0 Å². The van der Waals surface area contributed by atoms with Gasteiger partial charge in [0.1, 0.15) is 16.1 Å². The van der Waals surface area contributed by atoms with E-state index in [2.05, 4.69) is 132 Å². The Bertz CT molecular complexity index is 1250. The molecule has 234 valence electrons. The smallest absolute Gasteiger partial charge is 0.127 e. The largest absolute Gasteiger partial charge is 0.129 e. The topological polar surface area (TPSA) is 0 Å². The first kappa shape index (κ1) is 36.4.